The molecule has 0 atom stereocenters. The number of carbonyl (C=O) groups is 2. The smallest absolute Gasteiger partial charge is 0.412 e. The van der Waals surface area contributed by atoms with Crippen LogP contribution in [0.3, 0.4) is 0 Å². The molecule has 0 heterocycles. The zero-order valence-electron chi connectivity index (χ0n) is 21.8. The Balaban J connectivity index is 5.37. The van der Waals surface area contributed by atoms with Crippen LogP contribution in [0.4, 0.5) is 4.79 Å². The summed E-state index contributed by atoms with van der Waals surface area (Å²) in [7, 11) is 0. The topological polar surface area (TPSA) is 115 Å². The molecule has 4 N–H and O–H groups in total. The summed E-state index contributed by atoms with van der Waals surface area (Å²) in [5.41, 5.74) is 7.56. The number of ketones is 1. The highest BCUT2D eigenvalue weighted by Crippen LogP contribution is 2.12. The lowest BCUT2D eigenvalue weighted by Gasteiger charge is -2.20. The third-order valence-corrected chi connectivity index (χ3v) is 4.08. The summed E-state index contributed by atoms with van der Waals surface area (Å²) < 4.78 is 10.6. The average molecular weight is 473 g/mol. The van der Waals surface area contributed by atoms with Gasteiger partial charge < -0.3 is 20.5 Å². The van der Waals surface area contributed by atoms with Gasteiger partial charge in [0.2, 0.25) is 0 Å². The zero-order valence-corrected chi connectivity index (χ0v) is 21.8. The second-order valence-corrected chi connectivity index (χ2v) is 8.62. The lowest BCUT2D eigenvalue weighted by atomic mass is 10.0. The first-order valence-corrected chi connectivity index (χ1v) is 11.0. The van der Waals surface area contributed by atoms with E-state index >= 15 is 0 Å². The van der Waals surface area contributed by atoms with Crippen LogP contribution in [0.2, 0.25) is 0 Å². The number of nitrogens with two attached hydrogens (primary N) is 1. The van der Waals surface area contributed by atoms with Gasteiger partial charge in [0.15, 0.2) is 5.78 Å². The number of nitrogens with zero attached hydrogens (tertiary/aromatic N) is 1. The molecule has 8 nitrogen and oxygen atoms in total. The van der Waals surface area contributed by atoms with E-state index in [4.69, 9.17) is 15.2 Å². The van der Waals surface area contributed by atoms with Crippen LogP contribution in [0.15, 0.2) is 76.1 Å². The first kappa shape index (κ1) is 30.4. The molecule has 0 aromatic carbocycles. The van der Waals surface area contributed by atoms with Gasteiger partial charge in [-0.25, -0.2) is 9.79 Å². The second-order valence-electron chi connectivity index (χ2n) is 8.62. The maximum absolute atomic E-state index is 13.0. The summed E-state index contributed by atoms with van der Waals surface area (Å²) in [5.74, 6) is 0.863. The van der Waals surface area contributed by atoms with Gasteiger partial charge in [0, 0.05) is 29.7 Å². The van der Waals surface area contributed by atoms with Crippen molar-refractivity contribution >= 4 is 18.1 Å². The number of hydrogen-bond acceptors (Lipinski definition) is 7. The first-order chi connectivity index (χ1) is 15.7. The molecule has 0 aliphatic heterocycles. The third kappa shape index (κ3) is 13.1. The Bertz CT molecular complexity index is 925. The number of nitrogens with one attached hydrogen (secondary N) is 2. The molecule has 0 aliphatic rings. The van der Waals surface area contributed by atoms with Crippen molar-refractivity contribution in [1.29, 1.82) is 0 Å². The highest BCUT2D eigenvalue weighted by Gasteiger charge is 2.17. The van der Waals surface area contributed by atoms with Crippen LogP contribution in [0.1, 0.15) is 55.4 Å². The molecule has 0 spiro atoms. The summed E-state index contributed by atoms with van der Waals surface area (Å²) in [6, 6.07) is 0. The first-order valence-electron chi connectivity index (χ1n) is 11.0. The zero-order chi connectivity index (χ0) is 26.5. The molecular formula is C26H40N4O4. The van der Waals surface area contributed by atoms with Crippen LogP contribution in [0.5, 0.6) is 0 Å². The van der Waals surface area contributed by atoms with Gasteiger partial charge in [-0.15, -0.1) is 0 Å². The third-order valence-electron chi connectivity index (χ3n) is 4.08. The molecule has 0 radical (unpaired) electrons. The lowest BCUT2D eigenvalue weighted by Crippen LogP contribution is -2.32. The van der Waals surface area contributed by atoms with Crippen molar-refractivity contribution < 1.29 is 19.1 Å². The molecule has 0 saturated carbocycles. The minimum Gasteiger partial charge on any atom is -0.498 e. The second kappa shape index (κ2) is 14.6. The number of allylic oxidation sites excluding steroid dienone is 7. The van der Waals surface area contributed by atoms with Crippen LogP contribution in [0.25, 0.3) is 0 Å². The number of aliphatic imine (C=N–C) groups is 1. The normalized spacial score (nSPS) is 13.8. The molecule has 1 amide bonds. The number of amides is 1. The van der Waals surface area contributed by atoms with E-state index in [0.717, 1.165) is 5.76 Å². The molecule has 0 aliphatic carbocycles. The van der Waals surface area contributed by atoms with E-state index < -0.39 is 11.7 Å². The SMILES string of the molecule is C=C(/N=C\C=C(/C)OCC)NC/C(C(=O)/C(C)=C/C=C(/NC(=O)OC(C)(C)C)C(=C)C)=C(\C)N. The largest absolute Gasteiger partial charge is 0.498 e. The standard InChI is InChI=1S/C26H40N4O4/c1-11-33-19(5)14-15-28-21(7)29-16-22(20(6)27)24(31)18(4)12-13-23(17(2)3)30-25(32)34-26(8,9)10/h12-15,29H,2,7,11,16,27H2,1,3-6,8-10H3,(H,30,32)/b18-12+,19-14+,22-20-,23-13+,28-15-. The van der Waals surface area contributed by atoms with E-state index in [2.05, 4.69) is 28.8 Å². The van der Waals surface area contributed by atoms with Crippen LogP contribution in [-0.2, 0) is 14.3 Å². The number of alkyl carbamates (subject to hydrolysis) is 1. The highest BCUT2D eigenvalue weighted by atomic mass is 16.6. The fraction of sp³-hybridized carbons (Fsp3) is 0.423. The predicted octanol–water partition coefficient (Wildman–Crippen LogP) is 4.79. The van der Waals surface area contributed by atoms with Gasteiger partial charge >= 0.3 is 6.09 Å². The van der Waals surface area contributed by atoms with Crippen molar-refractivity contribution in [2.75, 3.05) is 13.2 Å². The van der Waals surface area contributed by atoms with Crippen LogP contribution >= 0.6 is 0 Å². The Morgan fingerprint density at radius 2 is 1.68 bits per heavy atom. The Morgan fingerprint density at radius 3 is 2.18 bits per heavy atom. The highest BCUT2D eigenvalue weighted by molar-refractivity contribution is 6.08. The predicted molar refractivity (Wildman–Crippen MR) is 139 cm³/mol. The molecule has 188 valence electrons. The summed E-state index contributed by atoms with van der Waals surface area (Å²) >= 11 is 0. The summed E-state index contributed by atoms with van der Waals surface area (Å²) in [6.45, 7) is 22.5. The Kier molecular flexibility index (Phi) is 13.0. The summed E-state index contributed by atoms with van der Waals surface area (Å²) in [4.78, 5) is 29.2. The fourth-order valence-corrected chi connectivity index (χ4v) is 2.37. The Hall–Kier alpha value is -3.55. The van der Waals surface area contributed by atoms with E-state index in [1.807, 2.05) is 13.8 Å². The Labute approximate surface area is 204 Å². The number of Topliss-reactive ketones (excluding diaryl/α,β-unsaturated/α-hetero) is 1. The molecular weight excluding hydrogens is 432 g/mol. The van der Waals surface area contributed by atoms with Gasteiger partial charge in [-0.05, 0) is 78.7 Å². The maximum atomic E-state index is 13.0. The number of carbonyl (C=O) groups excluding carboxylic acids is 2. The molecule has 0 saturated heterocycles. The maximum Gasteiger partial charge on any atom is 0.412 e. The van der Waals surface area contributed by atoms with Crippen LogP contribution in [0, 0.1) is 0 Å². The van der Waals surface area contributed by atoms with Gasteiger partial charge in [-0.1, -0.05) is 19.2 Å². The molecule has 0 bridgehead atoms. The molecule has 0 unspecified atom stereocenters. The van der Waals surface area contributed by atoms with Crippen LogP contribution < -0.4 is 16.4 Å². The monoisotopic (exact) mass is 472 g/mol. The lowest BCUT2D eigenvalue weighted by molar-refractivity contribution is -0.112. The van der Waals surface area contributed by atoms with Crippen molar-refractivity contribution in [2.24, 2.45) is 10.7 Å². The molecule has 0 rings (SSSR count). The molecule has 0 aromatic rings. The average Bonchev–Trinajstić information content (AvgIpc) is 2.69. The number of rotatable bonds is 12. The summed E-state index contributed by atoms with van der Waals surface area (Å²) in [6.07, 6.45) is 5.88. The van der Waals surface area contributed by atoms with E-state index in [-0.39, 0.29) is 12.3 Å². The minimum absolute atomic E-state index is 0.157. The molecule has 0 fully saturated rings. The Morgan fingerprint density at radius 1 is 1.06 bits per heavy atom. The minimum atomic E-state index is -0.635. The molecule has 8 heteroatoms. The van der Waals surface area contributed by atoms with E-state index in [9.17, 15) is 9.59 Å². The van der Waals surface area contributed by atoms with E-state index in [1.54, 1.807) is 66.0 Å². The van der Waals surface area contributed by atoms with Crippen LogP contribution in [-0.4, -0.2) is 36.8 Å². The van der Waals surface area contributed by atoms with Crippen molar-refractivity contribution in [3.05, 3.63) is 71.1 Å². The molecule has 0 aromatic heterocycles. The fourth-order valence-electron chi connectivity index (χ4n) is 2.37. The number of hydrogen-bond donors (Lipinski definition) is 3. The van der Waals surface area contributed by atoms with Crippen molar-refractivity contribution in [1.82, 2.24) is 10.6 Å². The molecule has 34 heavy (non-hydrogen) atoms. The number of ether oxygens (including phenoxy) is 2. The van der Waals surface area contributed by atoms with E-state index in [0.29, 0.717) is 40.5 Å². The van der Waals surface area contributed by atoms with Gasteiger partial charge in [0.1, 0.15) is 11.4 Å². The van der Waals surface area contributed by atoms with Crippen molar-refractivity contribution in [3.63, 3.8) is 0 Å². The van der Waals surface area contributed by atoms with E-state index in [1.165, 1.54) is 0 Å². The quantitative estimate of drug-likeness (QED) is 0.163. The van der Waals surface area contributed by atoms with Crippen molar-refractivity contribution in [3.8, 4) is 0 Å². The van der Waals surface area contributed by atoms with Gasteiger partial charge in [0.25, 0.3) is 0 Å². The van der Waals surface area contributed by atoms with Crippen molar-refractivity contribution in [2.45, 2.75) is 61.0 Å². The van der Waals surface area contributed by atoms with Gasteiger partial charge in [-0.2, -0.15) is 0 Å². The van der Waals surface area contributed by atoms with Gasteiger partial charge in [0.05, 0.1) is 12.4 Å². The summed E-state index contributed by atoms with van der Waals surface area (Å²) in [5, 5.41) is 5.63. The van der Waals surface area contributed by atoms with Gasteiger partial charge in [-0.3, -0.25) is 10.1 Å².